The van der Waals surface area contributed by atoms with Gasteiger partial charge in [-0.05, 0) is 24.3 Å². The summed E-state index contributed by atoms with van der Waals surface area (Å²) in [6, 6.07) is 4.74. The molecule has 2 N–H and O–H groups in total. The first-order valence-corrected chi connectivity index (χ1v) is 7.78. The first-order valence-electron chi connectivity index (χ1n) is 6.90. The number of hydrogen-bond donors (Lipinski definition) is 2. The molecule has 2 rings (SSSR count). The molecular formula is C15H13F3N2O4S. The highest BCUT2D eigenvalue weighted by atomic mass is 32.1. The van der Waals surface area contributed by atoms with Crippen molar-refractivity contribution in [3.8, 4) is 16.3 Å². The van der Waals surface area contributed by atoms with Gasteiger partial charge in [-0.25, -0.2) is 9.78 Å². The summed E-state index contributed by atoms with van der Waals surface area (Å²) in [7, 11) is 1.51. The molecule has 1 atom stereocenters. The lowest BCUT2D eigenvalue weighted by Gasteiger charge is -2.15. The fourth-order valence-electron chi connectivity index (χ4n) is 1.91. The van der Waals surface area contributed by atoms with Gasteiger partial charge in [0.05, 0.1) is 13.5 Å². The Kier molecular flexibility index (Phi) is 5.62. The number of methoxy groups -OCH3 is 1. The predicted octanol–water partition coefficient (Wildman–Crippen LogP) is 2.95. The largest absolute Gasteiger partial charge is 0.497 e. The molecule has 6 nitrogen and oxygen atoms in total. The Balaban J connectivity index is 2.12. The number of carbonyl (C=O) groups is 2. The highest BCUT2D eigenvalue weighted by Crippen LogP contribution is 2.26. The lowest BCUT2D eigenvalue weighted by molar-refractivity contribution is -0.157. The van der Waals surface area contributed by atoms with Gasteiger partial charge in [-0.3, -0.25) is 4.79 Å². The summed E-state index contributed by atoms with van der Waals surface area (Å²) in [5.41, 5.74) is 0.541. The van der Waals surface area contributed by atoms with Gasteiger partial charge in [-0.1, -0.05) is 0 Å². The average molecular weight is 374 g/mol. The number of rotatable bonds is 6. The van der Waals surface area contributed by atoms with Crippen molar-refractivity contribution in [1.82, 2.24) is 10.3 Å². The van der Waals surface area contributed by atoms with Gasteiger partial charge in [0.15, 0.2) is 0 Å². The number of aliphatic carboxylic acids is 1. The van der Waals surface area contributed by atoms with E-state index in [0.29, 0.717) is 16.3 Å². The third-order valence-electron chi connectivity index (χ3n) is 3.11. The number of carboxylic acids is 1. The van der Waals surface area contributed by atoms with Gasteiger partial charge in [-0.15, -0.1) is 11.3 Å². The molecule has 0 fully saturated rings. The van der Waals surface area contributed by atoms with Crippen LogP contribution in [0.15, 0.2) is 29.6 Å². The smallest absolute Gasteiger partial charge is 0.391 e. The van der Waals surface area contributed by atoms with Crippen LogP contribution in [0.5, 0.6) is 5.75 Å². The van der Waals surface area contributed by atoms with Gasteiger partial charge in [0, 0.05) is 10.9 Å². The van der Waals surface area contributed by atoms with Gasteiger partial charge >= 0.3 is 12.1 Å². The van der Waals surface area contributed by atoms with Crippen LogP contribution in [0.4, 0.5) is 13.2 Å². The van der Waals surface area contributed by atoms with Crippen molar-refractivity contribution >= 4 is 23.2 Å². The van der Waals surface area contributed by atoms with Crippen LogP contribution in [0.2, 0.25) is 0 Å². The fraction of sp³-hybridized carbons (Fsp3) is 0.267. The molecule has 25 heavy (non-hydrogen) atoms. The van der Waals surface area contributed by atoms with Crippen molar-refractivity contribution in [2.75, 3.05) is 7.11 Å². The SMILES string of the molecule is COc1ccc(-c2nc(C(=O)NC(CC(F)(F)F)C(=O)O)cs2)cc1. The third kappa shape index (κ3) is 5.18. The van der Waals surface area contributed by atoms with Gasteiger partial charge in [0.25, 0.3) is 5.91 Å². The molecule has 0 aliphatic heterocycles. The van der Waals surface area contributed by atoms with E-state index in [9.17, 15) is 22.8 Å². The number of carbonyl (C=O) groups excluding carboxylic acids is 1. The highest BCUT2D eigenvalue weighted by Gasteiger charge is 2.36. The van der Waals surface area contributed by atoms with Crippen molar-refractivity contribution in [1.29, 1.82) is 0 Å². The molecule has 0 radical (unpaired) electrons. The maximum Gasteiger partial charge on any atom is 0.391 e. The van der Waals surface area contributed by atoms with E-state index in [4.69, 9.17) is 9.84 Å². The first kappa shape index (κ1) is 18.7. The second-order valence-electron chi connectivity index (χ2n) is 4.95. The molecule has 0 saturated carbocycles. The van der Waals surface area contributed by atoms with Gasteiger partial charge in [0.2, 0.25) is 0 Å². The molecule has 134 valence electrons. The number of amides is 1. The van der Waals surface area contributed by atoms with Gasteiger partial charge < -0.3 is 15.2 Å². The number of nitrogens with zero attached hydrogens (tertiary/aromatic N) is 1. The second kappa shape index (κ2) is 7.51. The van der Waals surface area contributed by atoms with Crippen LogP contribution in [-0.2, 0) is 4.79 Å². The maximum absolute atomic E-state index is 12.4. The summed E-state index contributed by atoms with van der Waals surface area (Å²) >= 11 is 1.11. The predicted molar refractivity (Wildman–Crippen MR) is 83.7 cm³/mol. The van der Waals surface area contributed by atoms with Crippen LogP contribution >= 0.6 is 11.3 Å². The Labute approximate surface area is 144 Å². The number of nitrogens with one attached hydrogen (secondary N) is 1. The lowest BCUT2D eigenvalue weighted by atomic mass is 10.2. The lowest BCUT2D eigenvalue weighted by Crippen LogP contribution is -2.43. The van der Waals surface area contributed by atoms with Gasteiger partial charge in [-0.2, -0.15) is 13.2 Å². The number of carboxylic acid groups (broad SMARTS) is 1. The molecular weight excluding hydrogens is 361 g/mol. The van der Waals surface area contributed by atoms with Crippen molar-refractivity contribution in [2.45, 2.75) is 18.6 Å². The Morgan fingerprint density at radius 2 is 1.96 bits per heavy atom. The molecule has 0 aliphatic rings. The average Bonchev–Trinajstić information content (AvgIpc) is 3.03. The summed E-state index contributed by atoms with van der Waals surface area (Å²) in [6.07, 6.45) is -6.38. The van der Waals surface area contributed by atoms with Crippen LogP contribution in [0, 0.1) is 0 Å². The van der Waals surface area contributed by atoms with Gasteiger partial charge in [0.1, 0.15) is 22.5 Å². The second-order valence-corrected chi connectivity index (χ2v) is 5.81. The molecule has 1 unspecified atom stereocenters. The van der Waals surface area contributed by atoms with Crippen molar-refractivity contribution in [2.24, 2.45) is 0 Å². The number of hydrogen-bond acceptors (Lipinski definition) is 5. The van der Waals surface area contributed by atoms with Crippen LogP contribution < -0.4 is 10.1 Å². The summed E-state index contributed by atoms with van der Waals surface area (Å²) < 4.78 is 42.1. The van der Waals surface area contributed by atoms with Crippen molar-refractivity contribution < 1.29 is 32.6 Å². The Morgan fingerprint density at radius 1 is 1.32 bits per heavy atom. The van der Waals surface area contributed by atoms with E-state index >= 15 is 0 Å². The summed E-state index contributed by atoms with van der Waals surface area (Å²) in [6.45, 7) is 0. The van der Waals surface area contributed by atoms with E-state index in [-0.39, 0.29) is 5.69 Å². The topological polar surface area (TPSA) is 88.5 Å². The molecule has 2 aromatic rings. The minimum atomic E-state index is -4.72. The molecule has 0 saturated heterocycles. The normalized spacial score (nSPS) is 12.5. The molecule has 0 aliphatic carbocycles. The standard InChI is InChI=1S/C15H13F3N2O4S/c1-24-9-4-2-8(3-5-9)13-20-11(7-25-13)12(21)19-10(14(22)23)6-15(16,17)18/h2-5,7,10H,6H2,1H3,(H,19,21)(H,22,23). The van der Waals surface area contributed by atoms with Crippen LogP contribution in [-0.4, -0.2) is 41.3 Å². The zero-order valence-electron chi connectivity index (χ0n) is 12.8. The van der Waals surface area contributed by atoms with E-state index in [1.54, 1.807) is 24.3 Å². The van der Waals surface area contributed by atoms with E-state index in [0.717, 1.165) is 11.3 Å². The molecule has 0 spiro atoms. The Morgan fingerprint density at radius 3 is 2.48 bits per heavy atom. The minimum absolute atomic E-state index is 0.149. The summed E-state index contributed by atoms with van der Waals surface area (Å²) in [5.74, 6) is -2.11. The van der Waals surface area contributed by atoms with Crippen molar-refractivity contribution in [3.63, 3.8) is 0 Å². The van der Waals surface area contributed by atoms with Crippen LogP contribution in [0.3, 0.4) is 0 Å². The minimum Gasteiger partial charge on any atom is -0.497 e. The number of benzene rings is 1. The Bertz CT molecular complexity index is 759. The maximum atomic E-state index is 12.4. The number of ether oxygens (including phenoxy) is 1. The highest BCUT2D eigenvalue weighted by molar-refractivity contribution is 7.13. The number of aromatic nitrogens is 1. The zero-order valence-corrected chi connectivity index (χ0v) is 13.6. The van der Waals surface area contributed by atoms with E-state index in [1.165, 1.54) is 12.5 Å². The molecule has 1 aromatic heterocycles. The number of halogens is 3. The monoisotopic (exact) mass is 374 g/mol. The quantitative estimate of drug-likeness (QED) is 0.812. The van der Waals surface area contributed by atoms with Crippen molar-refractivity contribution in [3.05, 3.63) is 35.3 Å². The third-order valence-corrected chi connectivity index (χ3v) is 4.00. The number of thiazole rings is 1. The summed E-state index contributed by atoms with van der Waals surface area (Å²) in [4.78, 5) is 26.9. The Hall–Kier alpha value is -2.62. The molecule has 10 heteroatoms. The molecule has 1 aromatic carbocycles. The summed E-state index contributed by atoms with van der Waals surface area (Å²) in [5, 5.41) is 12.5. The fourth-order valence-corrected chi connectivity index (χ4v) is 2.71. The number of alkyl halides is 3. The van der Waals surface area contributed by atoms with E-state index < -0.39 is 30.5 Å². The van der Waals surface area contributed by atoms with Crippen LogP contribution in [0.25, 0.3) is 10.6 Å². The molecule has 0 bridgehead atoms. The first-order chi connectivity index (χ1) is 11.7. The molecule has 1 amide bonds. The van der Waals surface area contributed by atoms with E-state index in [1.807, 2.05) is 5.32 Å². The molecule has 1 heterocycles. The van der Waals surface area contributed by atoms with E-state index in [2.05, 4.69) is 4.98 Å². The van der Waals surface area contributed by atoms with Crippen LogP contribution in [0.1, 0.15) is 16.9 Å². The zero-order chi connectivity index (χ0) is 18.6.